The number of aryl methyl sites for hydroxylation is 1. The van der Waals surface area contributed by atoms with Crippen LogP contribution in [0.15, 0.2) is 36.5 Å². The van der Waals surface area contributed by atoms with Crippen LogP contribution >= 0.6 is 0 Å². The lowest BCUT2D eigenvalue weighted by atomic mass is 9.87. The van der Waals surface area contributed by atoms with Gasteiger partial charge in [0.25, 0.3) is 5.91 Å². The van der Waals surface area contributed by atoms with Crippen molar-refractivity contribution in [2.24, 2.45) is 5.92 Å². The predicted molar refractivity (Wildman–Crippen MR) is 106 cm³/mol. The Labute approximate surface area is 161 Å². The number of carbonyl (C=O) groups is 1. The highest BCUT2D eigenvalue weighted by Crippen LogP contribution is 2.24. The minimum absolute atomic E-state index is 0.00111. The average molecular weight is 367 g/mol. The van der Waals surface area contributed by atoms with Crippen LogP contribution in [0.25, 0.3) is 0 Å². The lowest BCUT2D eigenvalue weighted by molar-refractivity contribution is 0.0466. The summed E-state index contributed by atoms with van der Waals surface area (Å²) >= 11 is 0. The molecule has 144 valence electrons. The number of amides is 1. The zero-order valence-electron chi connectivity index (χ0n) is 16.4. The van der Waals surface area contributed by atoms with Crippen molar-refractivity contribution in [2.75, 3.05) is 13.1 Å². The summed E-state index contributed by atoms with van der Waals surface area (Å²) < 4.78 is 0. The first kappa shape index (κ1) is 19.5. The first-order chi connectivity index (χ1) is 13.0. The summed E-state index contributed by atoms with van der Waals surface area (Å²) in [6.07, 6.45) is 3.62. The van der Waals surface area contributed by atoms with Gasteiger partial charge in [0.15, 0.2) is 0 Å². The zero-order chi connectivity index (χ0) is 19.4. The molecule has 2 heterocycles. The van der Waals surface area contributed by atoms with Gasteiger partial charge in [-0.05, 0) is 37.7 Å². The first-order valence-corrected chi connectivity index (χ1v) is 9.80. The molecule has 3 rings (SSSR count). The van der Waals surface area contributed by atoms with Crippen LogP contribution in [-0.2, 0) is 6.42 Å². The van der Waals surface area contributed by atoms with E-state index in [0.717, 1.165) is 29.9 Å². The number of piperidine rings is 1. The molecule has 0 unspecified atom stereocenters. The van der Waals surface area contributed by atoms with Gasteiger partial charge in [0.1, 0.15) is 5.82 Å². The van der Waals surface area contributed by atoms with Crippen LogP contribution in [0.4, 0.5) is 0 Å². The summed E-state index contributed by atoms with van der Waals surface area (Å²) in [6, 6.07) is 10.1. The summed E-state index contributed by atoms with van der Waals surface area (Å²) in [5.41, 5.74) is 2.48. The number of nitrogens with zero attached hydrogens (tertiary/aromatic N) is 3. The quantitative estimate of drug-likeness (QED) is 0.880. The Morgan fingerprint density at radius 1 is 1.22 bits per heavy atom. The molecule has 0 spiro atoms. The maximum atomic E-state index is 12.9. The third-order valence-corrected chi connectivity index (χ3v) is 5.40. The maximum Gasteiger partial charge on any atom is 0.257 e. The van der Waals surface area contributed by atoms with Crippen LogP contribution in [0.2, 0.25) is 0 Å². The SMILES string of the molecule is Cc1nc(C(C)C)ncc1C(=O)N1CCC([C@@H](O)Cc2ccccc2)CC1. The Bertz CT molecular complexity index is 768. The fraction of sp³-hybridized carbons (Fsp3) is 0.500. The van der Waals surface area contributed by atoms with Gasteiger partial charge in [0.05, 0.1) is 17.4 Å². The van der Waals surface area contributed by atoms with Crippen molar-refractivity contribution in [1.82, 2.24) is 14.9 Å². The van der Waals surface area contributed by atoms with Crippen LogP contribution in [0.3, 0.4) is 0 Å². The molecule has 5 nitrogen and oxygen atoms in total. The Balaban J connectivity index is 1.58. The molecule has 0 saturated carbocycles. The van der Waals surface area contributed by atoms with E-state index < -0.39 is 0 Å². The third-order valence-electron chi connectivity index (χ3n) is 5.40. The Morgan fingerprint density at radius 3 is 2.48 bits per heavy atom. The number of hydrogen-bond acceptors (Lipinski definition) is 4. The van der Waals surface area contributed by atoms with Gasteiger partial charge in [-0.25, -0.2) is 9.97 Å². The van der Waals surface area contributed by atoms with Crippen molar-refractivity contribution in [3.05, 3.63) is 59.2 Å². The minimum Gasteiger partial charge on any atom is -0.392 e. The number of hydrogen-bond donors (Lipinski definition) is 1. The molecule has 0 radical (unpaired) electrons. The van der Waals surface area contributed by atoms with Crippen LogP contribution in [0, 0.1) is 12.8 Å². The summed E-state index contributed by atoms with van der Waals surface area (Å²) in [7, 11) is 0. The average Bonchev–Trinajstić information content (AvgIpc) is 2.68. The summed E-state index contributed by atoms with van der Waals surface area (Å²) in [5.74, 6) is 1.25. The lowest BCUT2D eigenvalue weighted by Gasteiger charge is -2.34. The van der Waals surface area contributed by atoms with Crippen LogP contribution < -0.4 is 0 Å². The second kappa shape index (κ2) is 8.61. The molecule has 27 heavy (non-hydrogen) atoms. The van der Waals surface area contributed by atoms with E-state index in [1.807, 2.05) is 56.0 Å². The molecule has 0 aliphatic carbocycles. The molecule has 1 aromatic carbocycles. The highest BCUT2D eigenvalue weighted by atomic mass is 16.3. The van der Waals surface area contributed by atoms with Crippen molar-refractivity contribution in [1.29, 1.82) is 0 Å². The number of likely N-dealkylation sites (tertiary alicyclic amines) is 1. The van der Waals surface area contributed by atoms with Gasteiger partial charge < -0.3 is 10.0 Å². The van der Waals surface area contributed by atoms with Gasteiger partial charge in [-0.3, -0.25) is 4.79 Å². The van der Waals surface area contributed by atoms with Crippen molar-refractivity contribution < 1.29 is 9.90 Å². The van der Waals surface area contributed by atoms with Gasteiger partial charge in [0, 0.05) is 25.2 Å². The molecule has 1 aliphatic rings. The number of aliphatic hydroxyl groups excluding tert-OH is 1. The summed E-state index contributed by atoms with van der Waals surface area (Å²) in [4.78, 5) is 23.5. The fourth-order valence-electron chi connectivity index (χ4n) is 3.65. The van der Waals surface area contributed by atoms with Gasteiger partial charge >= 0.3 is 0 Å². The molecule has 1 N–H and O–H groups in total. The topological polar surface area (TPSA) is 66.3 Å². The Kier molecular flexibility index (Phi) is 6.22. The molecular weight excluding hydrogens is 338 g/mol. The molecule has 0 bridgehead atoms. The predicted octanol–water partition coefficient (Wildman–Crippen LogP) is 3.36. The zero-order valence-corrected chi connectivity index (χ0v) is 16.4. The van der Waals surface area contributed by atoms with Crippen molar-refractivity contribution in [2.45, 2.75) is 52.1 Å². The fourth-order valence-corrected chi connectivity index (χ4v) is 3.65. The van der Waals surface area contributed by atoms with Crippen molar-refractivity contribution >= 4 is 5.91 Å². The largest absolute Gasteiger partial charge is 0.392 e. The Hall–Kier alpha value is -2.27. The van der Waals surface area contributed by atoms with Gasteiger partial charge in [-0.15, -0.1) is 0 Å². The second-order valence-electron chi connectivity index (χ2n) is 7.77. The van der Waals surface area contributed by atoms with E-state index in [4.69, 9.17) is 0 Å². The standard InChI is InChI=1S/C22H29N3O2/c1-15(2)21-23-14-19(16(3)24-21)22(27)25-11-9-18(10-12-25)20(26)13-17-7-5-4-6-8-17/h4-8,14-15,18,20,26H,9-13H2,1-3H3/t20-/m0/s1. The van der Waals surface area contributed by atoms with Crippen molar-refractivity contribution in [3.8, 4) is 0 Å². The molecule has 1 saturated heterocycles. The van der Waals surface area contributed by atoms with E-state index in [2.05, 4.69) is 9.97 Å². The lowest BCUT2D eigenvalue weighted by Crippen LogP contribution is -2.42. The first-order valence-electron chi connectivity index (χ1n) is 9.80. The summed E-state index contributed by atoms with van der Waals surface area (Å²) in [6.45, 7) is 7.29. The number of aliphatic hydroxyl groups is 1. The van der Waals surface area contributed by atoms with E-state index in [1.165, 1.54) is 0 Å². The second-order valence-corrected chi connectivity index (χ2v) is 7.77. The molecule has 1 amide bonds. The molecule has 1 aromatic heterocycles. The monoisotopic (exact) mass is 367 g/mol. The van der Waals surface area contributed by atoms with Crippen molar-refractivity contribution in [3.63, 3.8) is 0 Å². The minimum atomic E-state index is -0.361. The molecule has 2 aromatic rings. The molecular formula is C22H29N3O2. The molecule has 5 heteroatoms. The summed E-state index contributed by atoms with van der Waals surface area (Å²) in [5, 5.41) is 10.6. The van der Waals surface area contributed by atoms with E-state index in [0.29, 0.717) is 25.1 Å². The molecule has 1 aliphatic heterocycles. The van der Waals surface area contributed by atoms with Gasteiger partial charge in [0.2, 0.25) is 0 Å². The van der Waals surface area contributed by atoms with E-state index >= 15 is 0 Å². The maximum absolute atomic E-state index is 12.9. The number of carbonyl (C=O) groups excluding carboxylic acids is 1. The number of aromatic nitrogens is 2. The molecule has 1 fully saturated rings. The van der Waals surface area contributed by atoms with Crippen LogP contribution in [0.5, 0.6) is 0 Å². The van der Waals surface area contributed by atoms with Crippen LogP contribution in [0.1, 0.15) is 60.0 Å². The van der Waals surface area contributed by atoms with Gasteiger partial charge in [-0.1, -0.05) is 44.2 Å². The Morgan fingerprint density at radius 2 is 1.89 bits per heavy atom. The number of benzene rings is 1. The third kappa shape index (κ3) is 4.72. The smallest absolute Gasteiger partial charge is 0.257 e. The van der Waals surface area contributed by atoms with Gasteiger partial charge in [-0.2, -0.15) is 0 Å². The van der Waals surface area contributed by atoms with E-state index in [9.17, 15) is 9.90 Å². The number of rotatable bonds is 5. The highest BCUT2D eigenvalue weighted by Gasteiger charge is 2.29. The van der Waals surface area contributed by atoms with E-state index in [1.54, 1.807) is 6.20 Å². The van der Waals surface area contributed by atoms with E-state index in [-0.39, 0.29) is 23.8 Å². The normalized spacial score (nSPS) is 16.6. The van der Waals surface area contributed by atoms with Crippen LogP contribution in [-0.4, -0.2) is 45.1 Å². The highest BCUT2D eigenvalue weighted by molar-refractivity contribution is 5.95. The molecule has 1 atom stereocenters.